The van der Waals surface area contributed by atoms with E-state index in [0.717, 1.165) is 61.2 Å². The lowest BCUT2D eigenvalue weighted by Gasteiger charge is -2.26. The molecule has 0 bridgehead atoms. The zero-order valence-electron chi connectivity index (χ0n) is 39.2. The Morgan fingerprint density at radius 1 is 0.564 bits per heavy atom. The second kappa shape index (κ2) is 14.0. The van der Waals surface area contributed by atoms with E-state index in [4.69, 9.17) is 14.6 Å². The monoisotopic (exact) mass is 722 g/mol. The molecule has 55 heavy (non-hydrogen) atoms. The topological polar surface area (TPSA) is 33.1 Å². The summed E-state index contributed by atoms with van der Waals surface area (Å²) >= 11 is 0. The minimum absolute atomic E-state index is 0.0167. The van der Waals surface area contributed by atoms with E-state index in [1.807, 2.05) is 24.3 Å². The van der Waals surface area contributed by atoms with Crippen LogP contribution in [0.4, 0.5) is 0 Å². The first-order valence-corrected chi connectivity index (χ1v) is 18.8. The summed E-state index contributed by atoms with van der Waals surface area (Å²) in [5.74, 6) is 0.00762. The highest BCUT2D eigenvalue weighted by Gasteiger charge is 2.33. The van der Waals surface area contributed by atoms with E-state index in [-0.39, 0.29) is 28.1 Å². The molecular weight excluding hydrogens is 667 g/mol. The number of phenols is 1. The summed E-state index contributed by atoms with van der Waals surface area (Å²) in [6.07, 6.45) is 3.81. The molecule has 0 fully saturated rings. The molecule has 0 saturated heterocycles. The lowest BCUT2D eigenvalue weighted by molar-refractivity contribution is 0.473. The maximum atomic E-state index is 11.4. The minimum Gasteiger partial charge on any atom is -0.507 e. The predicted octanol–water partition coefficient (Wildman–Crippen LogP) is 14.0. The third-order valence-corrected chi connectivity index (χ3v) is 10.7. The maximum absolute atomic E-state index is 11.4. The van der Waals surface area contributed by atoms with E-state index in [2.05, 4.69) is 126 Å². The minimum atomic E-state index is -2.80. The molecule has 6 aromatic carbocycles. The van der Waals surface area contributed by atoms with Crippen molar-refractivity contribution in [2.24, 2.45) is 0 Å². The van der Waals surface area contributed by atoms with E-state index in [1.165, 1.54) is 5.56 Å². The number of aromatic nitrogens is 1. The molecule has 0 radical (unpaired) electrons. The normalized spacial score (nSPS) is 16.1. The zero-order valence-corrected chi connectivity index (χ0v) is 32.2. The van der Waals surface area contributed by atoms with Crippen molar-refractivity contribution in [1.29, 1.82) is 0 Å². The van der Waals surface area contributed by atoms with Crippen molar-refractivity contribution in [3.8, 4) is 50.4 Å². The van der Waals surface area contributed by atoms with Crippen LogP contribution in [0.15, 0.2) is 152 Å². The molecule has 8 rings (SSSR count). The lowest BCUT2D eigenvalue weighted by atomic mass is 9.78. The molecule has 1 aromatic heterocycles. The summed E-state index contributed by atoms with van der Waals surface area (Å²) in [7, 11) is 0. The summed E-state index contributed by atoms with van der Waals surface area (Å²) in [5.41, 5.74) is 12.4. The van der Waals surface area contributed by atoms with Gasteiger partial charge in [0.25, 0.3) is 0 Å². The van der Waals surface area contributed by atoms with Crippen LogP contribution in [0.2, 0.25) is 0 Å². The molecule has 1 unspecified atom stereocenters. The standard InChI is InChI=1S/C53H49NO/c1-34-20-22-35(23-21-34)37-26-27-54-49(31-37)39-28-38(29-41(30-39)53(5,6)7)42-17-13-18-44-47(42)33-48(43-16-11-12-19-50(43)55)51(44)45-25-24-40(52(2,3)4)32-46(45)36-14-9-8-10-15-36/h8-33,51,55H,1-7H3/i1D3,20D,21D,22D,23D. The van der Waals surface area contributed by atoms with Gasteiger partial charge in [-0.05, 0) is 121 Å². The van der Waals surface area contributed by atoms with Crippen molar-refractivity contribution < 1.29 is 14.7 Å². The lowest BCUT2D eigenvalue weighted by Crippen LogP contribution is -2.12. The van der Waals surface area contributed by atoms with Crippen LogP contribution < -0.4 is 0 Å². The molecule has 0 aliphatic heterocycles. The molecule has 0 saturated carbocycles. The number of para-hydroxylation sites is 1. The highest BCUT2D eigenvalue weighted by molar-refractivity contribution is 6.00. The van der Waals surface area contributed by atoms with Crippen LogP contribution in [0.25, 0.3) is 56.3 Å². The SMILES string of the molecule is [2H]c1c([2H])c(C([2H])([2H])[2H])c([2H])c([2H])c1-c1ccnc(-c2cc(-c3cccc4c3C=C(c3ccccc3O)C4c3ccc(C(C)(C)C)cc3-c3ccccc3)cc(C(C)(C)C)c2)c1. The number of fused-ring (bicyclic) bond motifs is 1. The second-order valence-corrected chi connectivity index (χ2v) is 16.5. The molecule has 1 N–H and O–H groups in total. The van der Waals surface area contributed by atoms with E-state index in [0.29, 0.717) is 11.3 Å². The van der Waals surface area contributed by atoms with Crippen molar-refractivity contribution in [3.05, 3.63) is 191 Å². The Kier molecular flexibility index (Phi) is 7.25. The first-order chi connectivity index (χ1) is 29.2. The molecule has 1 aliphatic rings. The molecule has 1 atom stereocenters. The zero-order chi connectivity index (χ0) is 44.5. The van der Waals surface area contributed by atoms with Crippen LogP contribution in [0, 0.1) is 6.85 Å². The first-order valence-electron chi connectivity index (χ1n) is 22.3. The Hall–Kier alpha value is -5.99. The summed E-state index contributed by atoms with van der Waals surface area (Å²) in [5, 5.41) is 11.4. The molecule has 1 aliphatic carbocycles. The Morgan fingerprint density at radius 2 is 1.27 bits per heavy atom. The van der Waals surface area contributed by atoms with Gasteiger partial charge in [0, 0.05) is 27.4 Å². The number of hydrogen-bond acceptors (Lipinski definition) is 2. The maximum Gasteiger partial charge on any atom is 0.123 e. The third-order valence-electron chi connectivity index (χ3n) is 10.7. The third kappa shape index (κ3) is 7.06. The van der Waals surface area contributed by atoms with Crippen LogP contribution in [-0.4, -0.2) is 10.1 Å². The van der Waals surface area contributed by atoms with Gasteiger partial charge in [-0.25, -0.2) is 0 Å². The number of phenolic OH excluding ortho intramolecular Hbond substituents is 1. The number of nitrogens with zero attached hydrogens (tertiary/aromatic N) is 1. The van der Waals surface area contributed by atoms with Crippen LogP contribution >= 0.6 is 0 Å². The number of pyridine rings is 1. The van der Waals surface area contributed by atoms with Crippen molar-refractivity contribution in [2.45, 2.75) is 65.1 Å². The van der Waals surface area contributed by atoms with Gasteiger partial charge in [-0.2, -0.15) is 0 Å². The van der Waals surface area contributed by atoms with Crippen molar-refractivity contribution in [2.75, 3.05) is 0 Å². The molecule has 272 valence electrons. The van der Waals surface area contributed by atoms with Gasteiger partial charge in [0.05, 0.1) is 11.2 Å². The Balaban J connectivity index is 1.34. The molecule has 2 heteroatoms. The smallest absolute Gasteiger partial charge is 0.123 e. The highest BCUT2D eigenvalue weighted by Crippen LogP contribution is 2.52. The van der Waals surface area contributed by atoms with E-state index in [1.54, 1.807) is 24.4 Å². The molecule has 1 heterocycles. The molecular formula is C53H49NO. The Bertz CT molecular complexity index is 2890. The number of hydrogen-bond donors (Lipinski definition) is 1. The summed E-state index contributed by atoms with van der Waals surface area (Å²) < 4.78 is 58.3. The van der Waals surface area contributed by atoms with Crippen LogP contribution in [0.5, 0.6) is 5.75 Å². The van der Waals surface area contributed by atoms with Gasteiger partial charge >= 0.3 is 0 Å². The number of rotatable bonds is 6. The van der Waals surface area contributed by atoms with E-state index >= 15 is 0 Å². The average molecular weight is 723 g/mol. The number of aromatic hydroxyl groups is 1. The predicted molar refractivity (Wildman–Crippen MR) is 232 cm³/mol. The van der Waals surface area contributed by atoms with Gasteiger partial charge in [-0.3, -0.25) is 4.98 Å². The largest absolute Gasteiger partial charge is 0.507 e. The highest BCUT2D eigenvalue weighted by atomic mass is 16.3. The fourth-order valence-corrected chi connectivity index (χ4v) is 7.65. The fraction of sp³-hybridized carbons (Fsp3) is 0.189. The molecule has 7 aromatic rings. The molecule has 0 spiro atoms. The summed E-state index contributed by atoms with van der Waals surface area (Å²) in [4.78, 5) is 4.76. The Morgan fingerprint density at radius 3 is 2.00 bits per heavy atom. The summed E-state index contributed by atoms with van der Waals surface area (Å²) in [6, 6.07) is 39.0. The van der Waals surface area contributed by atoms with E-state index < -0.39 is 36.6 Å². The Labute approximate surface area is 336 Å². The van der Waals surface area contributed by atoms with Gasteiger partial charge in [0.1, 0.15) is 5.75 Å². The van der Waals surface area contributed by atoms with Gasteiger partial charge in [-0.15, -0.1) is 0 Å². The van der Waals surface area contributed by atoms with Crippen molar-refractivity contribution in [3.63, 3.8) is 0 Å². The number of allylic oxidation sites excluding steroid dienone is 1. The van der Waals surface area contributed by atoms with Gasteiger partial charge in [0.2, 0.25) is 0 Å². The van der Waals surface area contributed by atoms with Gasteiger partial charge in [0.15, 0.2) is 0 Å². The van der Waals surface area contributed by atoms with Gasteiger partial charge in [-0.1, -0.05) is 162 Å². The molecule has 0 amide bonds. The number of benzene rings is 6. The molecule has 2 nitrogen and oxygen atoms in total. The average Bonchev–Trinajstić information content (AvgIpc) is 3.61. The fourth-order valence-electron chi connectivity index (χ4n) is 7.65. The van der Waals surface area contributed by atoms with E-state index in [9.17, 15) is 5.11 Å². The van der Waals surface area contributed by atoms with Crippen molar-refractivity contribution >= 4 is 11.6 Å². The summed E-state index contributed by atoms with van der Waals surface area (Å²) in [6.45, 7) is 10.4. The first kappa shape index (κ1) is 28.5. The van der Waals surface area contributed by atoms with Crippen LogP contribution in [0.3, 0.4) is 0 Å². The van der Waals surface area contributed by atoms with Crippen LogP contribution in [-0.2, 0) is 10.8 Å². The quantitative estimate of drug-likeness (QED) is 0.185. The van der Waals surface area contributed by atoms with Crippen molar-refractivity contribution in [1.82, 2.24) is 4.98 Å². The van der Waals surface area contributed by atoms with Crippen LogP contribution in [0.1, 0.15) is 96.0 Å². The van der Waals surface area contributed by atoms with Gasteiger partial charge < -0.3 is 5.11 Å². The second-order valence-electron chi connectivity index (χ2n) is 16.5.